The van der Waals surface area contributed by atoms with Gasteiger partial charge in [-0.2, -0.15) is 5.26 Å². The number of hydrogen-bond donors (Lipinski definition) is 0. The van der Waals surface area contributed by atoms with Crippen LogP contribution in [0.25, 0.3) is 16.6 Å². The van der Waals surface area contributed by atoms with Crippen LogP contribution in [0.2, 0.25) is 0 Å². The number of halogens is 1. The van der Waals surface area contributed by atoms with E-state index < -0.39 is 5.82 Å². The molecule has 0 spiro atoms. The SMILES string of the molecule is N#Cc1cccc(Sc2nc3ccccc3c(=O)n2-c2ccccc2F)n1. The van der Waals surface area contributed by atoms with Crippen LogP contribution in [0.1, 0.15) is 5.69 Å². The highest BCUT2D eigenvalue weighted by atomic mass is 32.2. The standard InChI is InChI=1S/C20H11FN4OS/c21-15-8-2-4-10-17(15)25-19(26)14-7-1-3-9-16(14)24-20(25)27-18-11-5-6-13(12-22)23-18/h1-11H. The van der Waals surface area contributed by atoms with Crippen molar-refractivity contribution in [1.82, 2.24) is 14.5 Å². The van der Waals surface area contributed by atoms with Crippen LogP contribution in [-0.4, -0.2) is 14.5 Å². The van der Waals surface area contributed by atoms with Gasteiger partial charge in [-0.3, -0.25) is 9.36 Å². The van der Waals surface area contributed by atoms with Crippen LogP contribution in [0.3, 0.4) is 0 Å². The smallest absolute Gasteiger partial charge is 0.266 e. The Bertz CT molecular complexity index is 1260. The molecule has 27 heavy (non-hydrogen) atoms. The second-order valence-electron chi connectivity index (χ2n) is 5.58. The monoisotopic (exact) mass is 374 g/mol. The van der Waals surface area contributed by atoms with Gasteiger partial charge in [0.05, 0.1) is 16.6 Å². The van der Waals surface area contributed by atoms with Gasteiger partial charge in [-0.15, -0.1) is 0 Å². The maximum absolute atomic E-state index is 14.4. The summed E-state index contributed by atoms with van der Waals surface area (Å²) in [6.45, 7) is 0. The average molecular weight is 374 g/mol. The lowest BCUT2D eigenvalue weighted by Crippen LogP contribution is -2.22. The van der Waals surface area contributed by atoms with Crippen molar-refractivity contribution in [3.63, 3.8) is 0 Å². The highest BCUT2D eigenvalue weighted by Gasteiger charge is 2.17. The van der Waals surface area contributed by atoms with Crippen LogP contribution in [0.5, 0.6) is 0 Å². The molecule has 0 atom stereocenters. The van der Waals surface area contributed by atoms with Crippen LogP contribution in [0.4, 0.5) is 4.39 Å². The molecular formula is C20H11FN4OS. The van der Waals surface area contributed by atoms with Crippen molar-refractivity contribution in [3.05, 3.63) is 88.6 Å². The Morgan fingerprint density at radius 3 is 2.56 bits per heavy atom. The topological polar surface area (TPSA) is 71.6 Å². The Morgan fingerprint density at radius 1 is 0.963 bits per heavy atom. The lowest BCUT2D eigenvalue weighted by atomic mass is 10.2. The van der Waals surface area contributed by atoms with Crippen molar-refractivity contribution < 1.29 is 4.39 Å². The number of benzene rings is 2. The minimum Gasteiger partial charge on any atom is -0.268 e. The third-order valence-corrected chi connectivity index (χ3v) is 4.77. The second kappa shape index (κ2) is 7.02. The van der Waals surface area contributed by atoms with Crippen LogP contribution in [0.15, 0.2) is 81.7 Å². The molecule has 0 N–H and O–H groups in total. The maximum atomic E-state index is 14.4. The number of nitriles is 1. The summed E-state index contributed by atoms with van der Waals surface area (Å²) in [5.41, 5.74) is 0.499. The zero-order chi connectivity index (χ0) is 18.8. The van der Waals surface area contributed by atoms with Gasteiger partial charge >= 0.3 is 0 Å². The van der Waals surface area contributed by atoms with Gasteiger partial charge in [-0.05, 0) is 48.2 Å². The molecule has 0 aliphatic carbocycles. The van der Waals surface area contributed by atoms with Gasteiger partial charge in [0.2, 0.25) is 0 Å². The van der Waals surface area contributed by atoms with Gasteiger partial charge in [0.15, 0.2) is 5.16 Å². The van der Waals surface area contributed by atoms with Gasteiger partial charge in [-0.25, -0.2) is 14.4 Å². The summed E-state index contributed by atoms with van der Waals surface area (Å²) in [5.74, 6) is -0.530. The minimum absolute atomic E-state index is 0.111. The van der Waals surface area contributed by atoms with E-state index in [-0.39, 0.29) is 22.1 Å². The van der Waals surface area contributed by atoms with E-state index in [0.29, 0.717) is 15.9 Å². The van der Waals surface area contributed by atoms with Crippen molar-refractivity contribution in [1.29, 1.82) is 5.26 Å². The number of pyridine rings is 1. The van der Waals surface area contributed by atoms with Gasteiger partial charge < -0.3 is 0 Å². The number of rotatable bonds is 3. The van der Waals surface area contributed by atoms with E-state index in [1.807, 2.05) is 6.07 Å². The van der Waals surface area contributed by atoms with E-state index in [4.69, 9.17) is 5.26 Å². The van der Waals surface area contributed by atoms with Crippen LogP contribution in [-0.2, 0) is 0 Å². The summed E-state index contributed by atoms with van der Waals surface area (Å²) in [5, 5.41) is 10.2. The van der Waals surface area contributed by atoms with Gasteiger partial charge in [0.25, 0.3) is 5.56 Å². The molecule has 130 valence electrons. The lowest BCUT2D eigenvalue weighted by molar-refractivity contribution is 0.608. The number of para-hydroxylation sites is 2. The first-order chi connectivity index (χ1) is 13.2. The molecule has 0 bridgehead atoms. The van der Waals surface area contributed by atoms with Crippen molar-refractivity contribution in [2.45, 2.75) is 10.2 Å². The zero-order valence-electron chi connectivity index (χ0n) is 13.8. The normalized spacial score (nSPS) is 10.7. The number of fused-ring (bicyclic) bond motifs is 1. The molecule has 7 heteroatoms. The highest BCUT2D eigenvalue weighted by molar-refractivity contribution is 7.99. The van der Waals surface area contributed by atoms with Crippen molar-refractivity contribution in [2.75, 3.05) is 0 Å². The molecule has 4 rings (SSSR count). The average Bonchev–Trinajstić information content (AvgIpc) is 2.69. The molecule has 0 radical (unpaired) electrons. The molecule has 0 saturated heterocycles. The molecule has 2 heterocycles. The van der Waals surface area contributed by atoms with E-state index in [1.54, 1.807) is 54.6 Å². The van der Waals surface area contributed by atoms with Crippen LogP contribution >= 0.6 is 11.8 Å². The van der Waals surface area contributed by atoms with Crippen LogP contribution < -0.4 is 5.56 Å². The Balaban J connectivity index is 1.98. The third kappa shape index (κ3) is 3.18. The van der Waals surface area contributed by atoms with Crippen molar-refractivity contribution in [2.24, 2.45) is 0 Å². The largest absolute Gasteiger partial charge is 0.268 e. The Morgan fingerprint density at radius 2 is 1.74 bits per heavy atom. The second-order valence-corrected chi connectivity index (χ2v) is 6.57. The first-order valence-corrected chi connectivity index (χ1v) is 8.81. The van der Waals surface area contributed by atoms with Gasteiger partial charge in [0.1, 0.15) is 22.6 Å². The molecule has 2 aromatic carbocycles. The molecular weight excluding hydrogens is 363 g/mol. The summed E-state index contributed by atoms with van der Waals surface area (Å²) in [4.78, 5) is 21.8. The zero-order valence-corrected chi connectivity index (χ0v) is 14.7. The Kier molecular flexibility index (Phi) is 4.40. The summed E-state index contributed by atoms with van der Waals surface area (Å²) >= 11 is 1.10. The van der Waals surface area contributed by atoms with E-state index in [9.17, 15) is 9.18 Å². The fraction of sp³-hybridized carbons (Fsp3) is 0. The molecule has 0 saturated carbocycles. The third-order valence-electron chi connectivity index (χ3n) is 3.87. The van der Waals surface area contributed by atoms with Crippen molar-refractivity contribution >= 4 is 22.7 Å². The van der Waals surface area contributed by atoms with Crippen molar-refractivity contribution in [3.8, 4) is 11.8 Å². The van der Waals surface area contributed by atoms with E-state index in [0.717, 1.165) is 11.8 Å². The predicted octanol–water partition coefficient (Wildman–Crippen LogP) is 3.94. The molecule has 2 aromatic heterocycles. The molecule has 4 aromatic rings. The van der Waals surface area contributed by atoms with E-state index in [2.05, 4.69) is 9.97 Å². The predicted molar refractivity (Wildman–Crippen MR) is 100 cm³/mol. The number of aromatic nitrogens is 3. The summed E-state index contributed by atoms with van der Waals surface area (Å²) < 4.78 is 15.7. The maximum Gasteiger partial charge on any atom is 0.266 e. The minimum atomic E-state index is -0.530. The molecule has 0 fully saturated rings. The summed E-state index contributed by atoms with van der Waals surface area (Å²) in [7, 11) is 0. The van der Waals surface area contributed by atoms with Gasteiger partial charge in [-0.1, -0.05) is 30.3 Å². The highest BCUT2D eigenvalue weighted by Crippen LogP contribution is 2.28. The first kappa shape index (κ1) is 16.9. The molecule has 0 unspecified atom stereocenters. The fourth-order valence-corrected chi connectivity index (χ4v) is 3.55. The van der Waals surface area contributed by atoms with E-state index in [1.165, 1.54) is 16.7 Å². The quantitative estimate of drug-likeness (QED) is 0.508. The van der Waals surface area contributed by atoms with Gasteiger partial charge in [0, 0.05) is 0 Å². The Labute approximate surface area is 157 Å². The number of hydrogen-bond acceptors (Lipinski definition) is 5. The lowest BCUT2D eigenvalue weighted by Gasteiger charge is -2.13. The van der Waals surface area contributed by atoms with Crippen LogP contribution in [0, 0.1) is 17.1 Å². The Hall–Kier alpha value is -3.50. The first-order valence-electron chi connectivity index (χ1n) is 7.99. The molecule has 0 aliphatic rings. The molecule has 5 nitrogen and oxygen atoms in total. The van der Waals surface area contributed by atoms with E-state index >= 15 is 0 Å². The molecule has 0 amide bonds. The fourth-order valence-electron chi connectivity index (χ4n) is 2.65. The number of nitrogens with zero attached hydrogens (tertiary/aromatic N) is 4. The molecule has 0 aliphatic heterocycles. The summed E-state index contributed by atoms with van der Waals surface area (Å²) in [6.07, 6.45) is 0. The summed E-state index contributed by atoms with van der Waals surface area (Å²) in [6, 6.07) is 19.9.